The van der Waals surface area contributed by atoms with Gasteiger partial charge in [0.25, 0.3) is 0 Å². The molecule has 0 spiro atoms. The Kier molecular flexibility index (Phi) is 5.67. The number of aliphatic hydroxyl groups excluding tert-OH is 1. The topological polar surface area (TPSA) is 32.7 Å². The van der Waals surface area contributed by atoms with Crippen molar-refractivity contribution in [2.75, 3.05) is 26.2 Å². The van der Waals surface area contributed by atoms with Gasteiger partial charge < -0.3 is 9.84 Å². The molecule has 0 radical (unpaired) electrons. The molecule has 0 aliphatic carbocycles. The summed E-state index contributed by atoms with van der Waals surface area (Å²) >= 11 is 0. The fourth-order valence-electron chi connectivity index (χ4n) is 2.50. The van der Waals surface area contributed by atoms with Crippen molar-refractivity contribution in [2.24, 2.45) is 5.92 Å². The molecule has 1 heterocycles. The molecule has 0 saturated carbocycles. The third kappa shape index (κ3) is 4.73. The lowest BCUT2D eigenvalue weighted by atomic mass is 10.1. The SMILES string of the molecule is CC(C)COC1CCN(CC(O)c2ccc(F)c(F)c2)C1. The molecule has 1 aromatic rings. The molecule has 1 aromatic carbocycles. The summed E-state index contributed by atoms with van der Waals surface area (Å²) in [4.78, 5) is 2.09. The first-order chi connectivity index (χ1) is 9.95. The number of rotatable bonds is 6. The quantitative estimate of drug-likeness (QED) is 0.876. The average Bonchev–Trinajstić information content (AvgIpc) is 2.87. The zero-order valence-electron chi connectivity index (χ0n) is 12.6. The van der Waals surface area contributed by atoms with Crippen molar-refractivity contribution < 1.29 is 18.6 Å². The number of β-amino-alcohol motifs (C(OH)–C–C–N with tert-alkyl or cyclic N) is 1. The second-order valence-corrected chi connectivity index (χ2v) is 6.09. The molecule has 1 N–H and O–H groups in total. The Morgan fingerprint density at radius 1 is 1.33 bits per heavy atom. The van der Waals surface area contributed by atoms with Crippen LogP contribution in [0.2, 0.25) is 0 Å². The minimum absolute atomic E-state index is 0.199. The molecule has 2 rings (SSSR count). The second-order valence-electron chi connectivity index (χ2n) is 6.09. The number of halogens is 2. The van der Waals surface area contributed by atoms with Crippen LogP contribution in [0.15, 0.2) is 18.2 Å². The summed E-state index contributed by atoms with van der Waals surface area (Å²) in [6.45, 7) is 6.99. The smallest absolute Gasteiger partial charge is 0.159 e. The normalized spacial score (nSPS) is 21.1. The van der Waals surface area contributed by atoms with E-state index < -0.39 is 17.7 Å². The second kappa shape index (κ2) is 7.29. The Morgan fingerprint density at radius 3 is 2.76 bits per heavy atom. The lowest BCUT2D eigenvalue weighted by Gasteiger charge is -2.20. The molecule has 21 heavy (non-hydrogen) atoms. The number of benzene rings is 1. The van der Waals surface area contributed by atoms with Gasteiger partial charge in [-0.15, -0.1) is 0 Å². The van der Waals surface area contributed by atoms with E-state index in [1.807, 2.05) is 0 Å². The van der Waals surface area contributed by atoms with Crippen molar-refractivity contribution in [3.8, 4) is 0 Å². The number of nitrogens with zero attached hydrogens (tertiary/aromatic N) is 1. The van der Waals surface area contributed by atoms with Crippen LogP contribution >= 0.6 is 0 Å². The van der Waals surface area contributed by atoms with E-state index in [9.17, 15) is 13.9 Å². The number of likely N-dealkylation sites (tertiary alicyclic amines) is 1. The Balaban J connectivity index is 1.83. The van der Waals surface area contributed by atoms with E-state index in [0.29, 0.717) is 18.0 Å². The van der Waals surface area contributed by atoms with Crippen LogP contribution in [0, 0.1) is 17.6 Å². The van der Waals surface area contributed by atoms with E-state index in [-0.39, 0.29) is 6.10 Å². The van der Waals surface area contributed by atoms with E-state index in [4.69, 9.17) is 4.74 Å². The Hall–Kier alpha value is -1.04. The van der Waals surface area contributed by atoms with Crippen LogP contribution in [0.25, 0.3) is 0 Å². The third-order valence-corrected chi connectivity index (χ3v) is 3.65. The maximum Gasteiger partial charge on any atom is 0.159 e. The maximum atomic E-state index is 13.2. The largest absolute Gasteiger partial charge is 0.387 e. The summed E-state index contributed by atoms with van der Waals surface area (Å²) in [5.74, 6) is -1.31. The fourth-order valence-corrected chi connectivity index (χ4v) is 2.50. The van der Waals surface area contributed by atoms with E-state index in [2.05, 4.69) is 18.7 Å². The molecule has 1 saturated heterocycles. The zero-order chi connectivity index (χ0) is 15.4. The van der Waals surface area contributed by atoms with Crippen molar-refractivity contribution in [1.82, 2.24) is 4.90 Å². The van der Waals surface area contributed by atoms with Crippen molar-refractivity contribution in [3.05, 3.63) is 35.4 Å². The van der Waals surface area contributed by atoms with Crippen LogP contribution in [-0.2, 0) is 4.74 Å². The minimum Gasteiger partial charge on any atom is -0.387 e. The van der Waals surface area contributed by atoms with E-state index in [1.165, 1.54) is 6.07 Å². The third-order valence-electron chi connectivity index (χ3n) is 3.65. The summed E-state index contributed by atoms with van der Waals surface area (Å²) < 4.78 is 31.8. The average molecular weight is 299 g/mol. The Bertz CT molecular complexity index is 468. The molecule has 3 nitrogen and oxygen atoms in total. The van der Waals surface area contributed by atoms with Gasteiger partial charge in [0, 0.05) is 26.2 Å². The standard InChI is InChI=1S/C16H23F2NO2/c1-11(2)10-21-13-5-6-19(8-13)9-16(20)12-3-4-14(17)15(18)7-12/h3-4,7,11,13,16,20H,5-6,8-10H2,1-2H3. The summed E-state index contributed by atoms with van der Waals surface area (Å²) in [5, 5.41) is 10.1. The lowest BCUT2D eigenvalue weighted by Crippen LogP contribution is -2.28. The maximum absolute atomic E-state index is 13.2. The molecular weight excluding hydrogens is 276 g/mol. The molecule has 1 aliphatic rings. The minimum atomic E-state index is -0.925. The molecule has 2 atom stereocenters. The Labute approximate surface area is 124 Å². The van der Waals surface area contributed by atoms with Gasteiger partial charge >= 0.3 is 0 Å². The number of hydrogen-bond acceptors (Lipinski definition) is 3. The van der Waals surface area contributed by atoms with Crippen LogP contribution in [0.5, 0.6) is 0 Å². The highest BCUT2D eigenvalue weighted by atomic mass is 19.2. The highest BCUT2D eigenvalue weighted by Crippen LogP contribution is 2.21. The number of aliphatic hydroxyl groups is 1. The predicted molar refractivity (Wildman–Crippen MR) is 77.0 cm³/mol. The zero-order valence-corrected chi connectivity index (χ0v) is 12.6. The van der Waals surface area contributed by atoms with Crippen LogP contribution < -0.4 is 0 Å². The first kappa shape index (κ1) is 16.3. The van der Waals surface area contributed by atoms with Gasteiger partial charge in [-0.1, -0.05) is 19.9 Å². The molecule has 0 bridgehead atoms. The van der Waals surface area contributed by atoms with Gasteiger partial charge in [-0.25, -0.2) is 8.78 Å². The molecular formula is C16H23F2NO2. The van der Waals surface area contributed by atoms with Crippen LogP contribution in [0.1, 0.15) is 31.9 Å². The fraction of sp³-hybridized carbons (Fsp3) is 0.625. The highest BCUT2D eigenvalue weighted by Gasteiger charge is 2.25. The van der Waals surface area contributed by atoms with Crippen LogP contribution in [0.4, 0.5) is 8.78 Å². The van der Waals surface area contributed by atoms with Crippen LogP contribution in [-0.4, -0.2) is 42.4 Å². The van der Waals surface area contributed by atoms with E-state index in [0.717, 1.165) is 38.2 Å². The Morgan fingerprint density at radius 2 is 2.10 bits per heavy atom. The van der Waals surface area contributed by atoms with Crippen molar-refractivity contribution in [3.63, 3.8) is 0 Å². The van der Waals surface area contributed by atoms with Crippen LogP contribution in [0.3, 0.4) is 0 Å². The van der Waals surface area contributed by atoms with Crippen molar-refractivity contribution in [1.29, 1.82) is 0 Å². The van der Waals surface area contributed by atoms with Gasteiger partial charge in [-0.2, -0.15) is 0 Å². The molecule has 0 aromatic heterocycles. The molecule has 2 unspecified atom stereocenters. The predicted octanol–water partition coefficient (Wildman–Crippen LogP) is 2.75. The van der Waals surface area contributed by atoms with Gasteiger partial charge in [0.15, 0.2) is 11.6 Å². The van der Waals surface area contributed by atoms with Gasteiger partial charge in [0.1, 0.15) is 0 Å². The molecule has 1 aliphatic heterocycles. The molecule has 118 valence electrons. The van der Waals surface area contributed by atoms with Gasteiger partial charge in [-0.3, -0.25) is 4.90 Å². The summed E-state index contributed by atoms with van der Waals surface area (Å²) in [6.07, 6.45) is 0.325. The molecule has 0 amide bonds. The van der Waals surface area contributed by atoms with Gasteiger partial charge in [0.2, 0.25) is 0 Å². The number of ether oxygens (including phenoxy) is 1. The van der Waals surface area contributed by atoms with Gasteiger partial charge in [-0.05, 0) is 30.0 Å². The first-order valence-electron chi connectivity index (χ1n) is 7.42. The number of hydrogen-bond donors (Lipinski definition) is 1. The van der Waals surface area contributed by atoms with Crippen molar-refractivity contribution in [2.45, 2.75) is 32.5 Å². The first-order valence-corrected chi connectivity index (χ1v) is 7.42. The molecule has 5 heteroatoms. The molecule has 1 fully saturated rings. The van der Waals surface area contributed by atoms with E-state index >= 15 is 0 Å². The van der Waals surface area contributed by atoms with E-state index in [1.54, 1.807) is 0 Å². The monoisotopic (exact) mass is 299 g/mol. The van der Waals surface area contributed by atoms with Crippen molar-refractivity contribution >= 4 is 0 Å². The summed E-state index contributed by atoms with van der Waals surface area (Å²) in [6, 6.07) is 3.53. The summed E-state index contributed by atoms with van der Waals surface area (Å²) in [7, 11) is 0. The van der Waals surface area contributed by atoms with Gasteiger partial charge in [0.05, 0.1) is 12.2 Å². The summed E-state index contributed by atoms with van der Waals surface area (Å²) in [5.41, 5.74) is 0.403. The highest BCUT2D eigenvalue weighted by molar-refractivity contribution is 5.20. The lowest BCUT2D eigenvalue weighted by molar-refractivity contribution is 0.0373.